The fraction of sp³-hybridized carbons (Fsp3) is 0.412. The lowest BCUT2D eigenvalue weighted by Gasteiger charge is -2.27. The first-order valence-electron chi connectivity index (χ1n) is 15.2. The minimum absolute atomic E-state index is 0.0569. The zero-order valence-corrected chi connectivity index (χ0v) is 27.0. The molecular weight excluding hydrogens is 574 g/mol. The van der Waals surface area contributed by atoms with Gasteiger partial charge in [0.1, 0.15) is 11.2 Å². The van der Waals surface area contributed by atoms with Crippen molar-refractivity contribution in [3.05, 3.63) is 81.8 Å². The van der Waals surface area contributed by atoms with Crippen molar-refractivity contribution < 1.29 is 14.3 Å². The van der Waals surface area contributed by atoms with E-state index in [1.165, 1.54) is 4.88 Å². The van der Waals surface area contributed by atoms with Gasteiger partial charge in [-0.1, -0.05) is 13.0 Å². The molecule has 0 bridgehead atoms. The van der Waals surface area contributed by atoms with Gasteiger partial charge in [0.2, 0.25) is 11.8 Å². The summed E-state index contributed by atoms with van der Waals surface area (Å²) in [6.45, 7) is 11.1. The van der Waals surface area contributed by atoms with E-state index in [9.17, 15) is 14.4 Å². The number of anilines is 2. The van der Waals surface area contributed by atoms with Crippen LogP contribution in [0.5, 0.6) is 5.75 Å². The lowest BCUT2D eigenvalue weighted by atomic mass is 9.90. The predicted octanol–water partition coefficient (Wildman–Crippen LogP) is 5.35. The third-order valence-corrected chi connectivity index (χ3v) is 9.51. The van der Waals surface area contributed by atoms with Gasteiger partial charge in [0.25, 0.3) is 5.56 Å². The molecule has 1 aromatic carbocycles. The van der Waals surface area contributed by atoms with Crippen LogP contribution in [0.1, 0.15) is 44.6 Å². The van der Waals surface area contributed by atoms with Crippen molar-refractivity contribution in [3.63, 3.8) is 0 Å². The van der Waals surface area contributed by atoms with Crippen LogP contribution in [-0.2, 0) is 29.1 Å². The molecule has 0 fully saturated rings. The molecule has 232 valence electrons. The summed E-state index contributed by atoms with van der Waals surface area (Å²) < 4.78 is 9.00. The van der Waals surface area contributed by atoms with Gasteiger partial charge in [0.05, 0.1) is 23.4 Å². The minimum Gasteiger partial charge on any atom is -0.493 e. The van der Waals surface area contributed by atoms with E-state index in [-0.39, 0.29) is 17.4 Å². The number of ether oxygens (including phenoxy) is 1. The Morgan fingerprint density at radius 2 is 1.82 bits per heavy atom. The molecule has 1 aliphatic rings. The monoisotopic (exact) mass is 615 g/mol. The molecule has 1 aliphatic heterocycles. The van der Waals surface area contributed by atoms with Crippen LogP contribution < -0.4 is 20.1 Å². The van der Waals surface area contributed by atoms with Crippen LogP contribution in [-0.4, -0.2) is 59.6 Å². The summed E-state index contributed by atoms with van der Waals surface area (Å²) in [7, 11) is 1.71. The fourth-order valence-electron chi connectivity index (χ4n) is 5.70. The maximum absolute atomic E-state index is 13.2. The Bertz CT molecular complexity index is 1700. The van der Waals surface area contributed by atoms with Crippen molar-refractivity contribution in [2.75, 3.05) is 43.1 Å². The molecule has 0 spiro atoms. The maximum Gasteiger partial charge on any atom is 0.259 e. The van der Waals surface area contributed by atoms with Gasteiger partial charge in [-0.15, -0.1) is 11.3 Å². The molecule has 0 saturated carbocycles. The minimum atomic E-state index is -1.15. The molecule has 0 radical (unpaired) electrons. The number of hydrogen-bond donors (Lipinski definition) is 0. The number of nitrogens with zero attached hydrogens (tertiary/aromatic N) is 5. The quantitative estimate of drug-likeness (QED) is 0.158. The molecule has 3 aromatic heterocycles. The molecule has 4 heterocycles. The highest BCUT2D eigenvalue weighted by Gasteiger charge is 2.45. The first-order chi connectivity index (χ1) is 21.1. The van der Waals surface area contributed by atoms with Crippen LogP contribution in [0.2, 0.25) is 0 Å². The molecule has 0 N–H and O–H groups in total. The van der Waals surface area contributed by atoms with Gasteiger partial charge in [-0.25, -0.2) is 0 Å². The lowest BCUT2D eigenvalue weighted by Crippen LogP contribution is -2.47. The van der Waals surface area contributed by atoms with E-state index in [2.05, 4.69) is 22.9 Å². The summed E-state index contributed by atoms with van der Waals surface area (Å²) in [4.78, 5) is 50.6. The number of fused-ring (bicyclic) bond motifs is 2. The Morgan fingerprint density at radius 3 is 2.55 bits per heavy atom. The SMILES string of the molecule is CCc1cc2c(=O)n(CCN(CCCOc3ccc4c(c3)N(C)C(=O)C(C)(C)C(=O)N4CC)Cc3cccnc3)ccc2s1. The standard InChI is InChI=1S/C34H41N5O4S/c1-6-26-21-27-30(44-26)13-16-38(31(27)40)18-17-37(23-24-10-8-14-35-22-24)15-9-19-43-25-11-12-28-29(20-25)36(5)32(41)34(3,4)33(42)39(28)7-2/h8,10-14,16,20-22H,6-7,9,15,17-19,23H2,1-5H3. The van der Waals surface area contributed by atoms with Crippen LogP contribution >= 0.6 is 11.3 Å². The molecule has 5 rings (SSSR count). The van der Waals surface area contributed by atoms with E-state index in [4.69, 9.17) is 4.74 Å². The van der Waals surface area contributed by atoms with Crippen molar-refractivity contribution in [2.45, 2.75) is 53.6 Å². The molecule has 0 aliphatic carbocycles. The van der Waals surface area contributed by atoms with Crippen LogP contribution in [0.3, 0.4) is 0 Å². The molecule has 2 amide bonds. The number of amides is 2. The Kier molecular flexibility index (Phi) is 9.51. The third kappa shape index (κ3) is 6.42. The van der Waals surface area contributed by atoms with Crippen LogP contribution in [0, 0.1) is 5.41 Å². The zero-order valence-electron chi connectivity index (χ0n) is 26.2. The molecule has 4 aromatic rings. The third-order valence-electron chi connectivity index (χ3n) is 8.27. The van der Waals surface area contributed by atoms with Crippen molar-refractivity contribution in [3.8, 4) is 5.75 Å². The number of thiophene rings is 1. The number of carbonyl (C=O) groups is 2. The summed E-state index contributed by atoms with van der Waals surface area (Å²) in [5, 5.41) is 0.796. The van der Waals surface area contributed by atoms with Crippen molar-refractivity contribution in [1.82, 2.24) is 14.5 Å². The second kappa shape index (κ2) is 13.3. The normalized spacial score (nSPS) is 14.8. The molecule has 9 nitrogen and oxygen atoms in total. The number of rotatable bonds is 12. The van der Waals surface area contributed by atoms with E-state index < -0.39 is 5.41 Å². The molecule has 10 heteroatoms. The van der Waals surface area contributed by atoms with Crippen LogP contribution in [0.4, 0.5) is 11.4 Å². The van der Waals surface area contributed by atoms with E-state index in [1.54, 1.807) is 52.8 Å². The molecule has 0 atom stereocenters. The highest BCUT2D eigenvalue weighted by atomic mass is 32.1. The van der Waals surface area contributed by atoms with Gasteiger partial charge in [-0.05, 0) is 69.5 Å². The van der Waals surface area contributed by atoms with Crippen LogP contribution in [0.15, 0.2) is 65.8 Å². The Morgan fingerprint density at radius 1 is 1.00 bits per heavy atom. The Labute approximate surface area is 262 Å². The molecule has 44 heavy (non-hydrogen) atoms. The van der Waals surface area contributed by atoms with E-state index in [1.807, 2.05) is 55.7 Å². The van der Waals surface area contributed by atoms with Gasteiger partial charge in [0, 0.05) is 74.0 Å². The number of pyridine rings is 2. The number of carbonyl (C=O) groups excluding carboxylic acids is 2. The highest BCUT2D eigenvalue weighted by molar-refractivity contribution is 7.19. The van der Waals surface area contributed by atoms with Gasteiger partial charge >= 0.3 is 0 Å². The molecule has 0 saturated heterocycles. The van der Waals surface area contributed by atoms with Gasteiger partial charge in [-0.2, -0.15) is 0 Å². The highest BCUT2D eigenvalue weighted by Crippen LogP contribution is 2.40. The molecule has 0 unspecified atom stereocenters. The van der Waals surface area contributed by atoms with Gasteiger partial charge in [0.15, 0.2) is 0 Å². The second-order valence-corrected chi connectivity index (χ2v) is 12.9. The predicted molar refractivity (Wildman–Crippen MR) is 177 cm³/mol. The Hall–Kier alpha value is -4.02. The average Bonchev–Trinajstić information content (AvgIpc) is 3.45. The van der Waals surface area contributed by atoms with Crippen molar-refractivity contribution in [1.29, 1.82) is 0 Å². The summed E-state index contributed by atoms with van der Waals surface area (Å²) in [5.41, 5.74) is 1.38. The summed E-state index contributed by atoms with van der Waals surface area (Å²) >= 11 is 1.69. The summed E-state index contributed by atoms with van der Waals surface area (Å²) in [5.74, 6) is 0.194. The average molecular weight is 616 g/mol. The van der Waals surface area contributed by atoms with Crippen molar-refractivity contribution in [2.24, 2.45) is 5.41 Å². The number of aromatic nitrogens is 2. The van der Waals surface area contributed by atoms with E-state index >= 15 is 0 Å². The Balaban J connectivity index is 1.25. The summed E-state index contributed by atoms with van der Waals surface area (Å²) in [6, 6.07) is 13.6. The first-order valence-corrected chi connectivity index (χ1v) is 16.1. The van der Waals surface area contributed by atoms with Crippen molar-refractivity contribution >= 4 is 44.6 Å². The van der Waals surface area contributed by atoms with E-state index in [0.29, 0.717) is 49.9 Å². The van der Waals surface area contributed by atoms with Crippen LogP contribution in [0.25, 0.3) is 10.1 Å². The van der Waals surface area contributed by atoms with Gasteiger partial charge < -0.3 is 19.1 Å². The largest absolute Gasteiger partial charge is 0.493 e. The number of benzene rings is 1. The smallest absolute Gasteiger partial charge is 0.259 e. The van der Waals surface area contributed by atoms with Gasteiger partial charge in [-0.3, -0.25) is 24.3 Å². The fourth-order valence-corrected chi connectivity index (χ4v) is 6.69. The topological polar surface area (TPSA) is 88.0 Å². The molecular formula is C34H41N5O4S. The van der Waals surface area contributed by atoms with E-state index in [0.717, 1.165) is 35.0 Å². The number of aryl methyl sites for hydroxylation is 1. The zero-order chi connectivity index (χ0) is 31.4. The first kappa shape index (κ1) is 31.4. The maximum atomic E-state index is 13.2. The summed E-state index contributed by atoms with van der Waals surface area (Å²) in [6.07, 6.45) is 7.23. The lowest BCUT2D eigenvalue weighted by molar-refractivity contribution is -0.137. The number of hydrogen-bond acceptors (Lipinski definition) is 7. The second-order valence-electron chi connectivity index (χ2n) is 11.7.